The first-order valence-electron chi connectivity index (χ1n) is 3.37. The normalized spacial score (nSPS) is 42.7. The molecule has 0 unspecified atom stereocenters. The fraction of sp³-hybridized carbons (Fsp3) is 1.00. The Morgan fingerprint density at radius 1 is 0.889 bits per heavy atom. The molecular weight excluding hydrogens is 118 g/mol. The van der Waals surface area contributed by atoms with Crippen LogP contribution < -0.4 is 5.32 Å². The SMILES string of the molecule is C1OC[C@H]2COC[C@H]1N2. The van der Waals surface area contributed by atoms with Gasteiger partial charge in [-0.05, 0) is 0 Å². The Kier molecular flexibility index (Phi) is 1.41. The van der Waals surface area contributed by atoms with Crippen molar-refractivity contribution in [2.75, 3.05) is 26.4 Å². The molecule has 0 aromatic heterocycles. The number of ether oxygens (including phenoxy) is 2. The predicted octanol–water partition coefficient (Wildman–Crippen LogP) is -0.626. The second-order valence-corrected chi connectivity index (χ2v) is 2.64. The molecule has 0 aliphatic carbocycles. The van der Waals surface area contributed by atoms with E-state index in [0.717, 1.165) is 26.4 Å². The van der Waals surface area contributed by atoms with Gasteiger partial charge in [-0.15, -0.1) is 0 Å². The van der Waals surface area contributed by atoms with E-state index in [4.69, 9.17) is 9.47 Å². The highest BCUT2D eigenvalue weighted by Crippen LogP contribution is 2.05. The molecule has 0 radical (unpaired) electrons. The molecule has 0 spiro atoms. The van der Waals surface area contributed by atoms with Crippen LogP contribution in [-0.4, -0.2) is 38.5 Å². The van der Waals surface area contributed by atoms with Gasteiger partial charge in [-0.1, -0.05) is 0 Å². The topological polar surface area (TPSA) is 30.5 Å². The largest absolute Gasteiger partial charge is 0.378 e. The van der Waals surface area contributed by atoms with Gasteiger partial charge in [-0.3, -0.25) is 0 Å². The summed E-state index contributed by atoms with van der Waals surface area (Å²) in [6.07, 6.45) is 0. The van der Waals surface area contributed by atoms with Crippen LogP contribution in [0.4, 0.5) is 0 Å². The van der Waals surface area contributed by atoms with Gasteiger partial charge >= 0.3 is 0 Å². The molecule has 2 saturated heterocycles. The van der Waals surface area contributed by atoms with Crippen molar-refractivity contribution in [2.24, 2.45) is 0 Å². The van der Waals surface area contributed by atoms with Crippen molar-refractivity contribution in [1.29, 1.82) is 0 Å². The smallest absolute Gasteiger partial charge is 0.0643 e. The van der Waals surface area contributed by atoms with Crippen LogP contribution >= 0.6 is 0 Å². The summed E-state index contributed by atoms with van der Waals surface area (Å²) in [6, 6.07) is 0.912. The van der Waals surface area contributed by atoms with Crippen LogP contribution in [0.5, 0.6) is 0 Å². The van der Waals surface area contributed by atoms with Crippen LogP contribution in [0.2, 0.25) is 0 Å². The molecule has 0 aromatic rings. The first-order valence-corrected chi connectivity index (χ1v) is 3.37. The van der Waals surface area contributed by atoms with Gasteiger partial charge in [-0.2, -0.15) is 0 Å². The molecule has 3 nitrogen and oxygen atoms in total. The van der Waals surface area contributed by atoms with Crippen molar-refractivity contribution < 1.29 is 9.47 Å². The highest BCUT2D eigenvalue weighted by Gasteiger charge is 2.25. The zero-order valence-corrected chi connectivity index (χ0v) is 5.30. The van der Waals surface area contributed by atoms with Crippen molar-refractivity contribution in [3.05, 3.63) is 0 Å². The van der Waals surface area contributed by atoms with E-state index in [2.05, 4.69) is 5.32 Å². The molecule has 3 heteroatoms. The molecule has 2 bridgehead atoms. The fourth-order valence-corrected chi connectivity index (χ4v) is 1.33. The average molecular weight is 129 g/mol. The maximum absolute atomic E-state index is 5.29. The van der Waals surface area contributed by atoms with Crippen LogP contribution in [0, 0.1) is 0 Å². The Morgan fingerprint density at radius 3 is 1.67 bits per heavy atom. The Balaban J connectivity index is 1.96. The molecule has 2 aliphatic rings. The summed E-state index contributed by atoms with van der Waals surface area (Å²) < 4.78 is 10.6. The summed E-state index contributed by atoms with van der Waals surface area (Å²) in [7, 11) is 0. The minimum atomic E-state index is 0.456. The van der Waals surface area contributed by atoms with E-state index in [1.165, 1.54) is 0 Å². The lowest BCUT2D eigenvalue weighted by Crippen LogP contribution is -2.56. The maximum atomic E-state index is 5.29. The Labute approximate surface area is 54.3 Å². The molecule has 0 aromatic carbocycles. The van der Waals surface area contributed by atoms with Crippen molar-refractivity contribution in [3.63, 3.8) is 0 Å². The van der Waals surface area contributed by atoms with Crippen molar-refractivity contribution in [2.45, 2.75) is 12.1 Å². The lowest BCUT2D eigenvalue weighted by atomic mass is 10.2. The molecular formula is C6H11NO2. The lowest BCUT2D eigenvalue weighted by molar-refractivity contribution is -0.0556. The van der Waals surface area contributed by atoms with E-state index in [9.17, 15) is 0 Å². The van der Waals surface area contributed by atoms with Gasteiger partial charge in [0.2, 0.25) is 0 Å². The molecule has 0 amide bonds. The quantitative estimate of drug-likeness (QED) is 0.472. The van der Waals surface area contributed by atoms with Crippen molar-refractivity contribution >= 4 is 0 Å². The highest BCUT2D eigenvalue weighted by atomic mass is 16.5. The van der Waals surface area contributed by atoms with Gasteiger partial charge < -0.3 is 14.8 Å². The number of fused-ring (bicyclic) bond motifs is 2. The maximum Gasteiger partial charge on any atom is 0.0643 e. The monoisotopic (exact) mass is 129 g/mol. The fourth-order valence-electron chi connectivity index (χ4n) is 1.33. The number of hydrogen-bond donors (Lipinski definition) is 1. The molecule has 2 heterocycles. The summed E-state index contributed by atoms with van der Waals surface area (Å²) in [6.45, 7) is 3.26. The van der Waals surface area contributed by atoms with Gasteiger partial charge in [0.15, 0.2) is 0 Å². The number of rotatable bonds is 0. The predicted molar refractivity (Wildman–Crippen MR) is 32.3 cm³/mol. The summed E-state index contributed by atoms with van der Waals surface area (Å²) in [4.78, 5) is 0. The van der Waals surface area contributed by atoms with Crippen LogP contribution in [0.25, 0.3) is 0 Å². The second-order valence-electron chi connectivity index (χ2n) is 2.64. The Hall–Kier alpha value is -0.120. The van der Waals surface area contributed by atoms with E-state index < -0.39 is 0 Å². The van der Waals surface area contributed by atoms with Crippen LogP contribution in [0.3, 0.4) is 0 Å². The molecule has 2 aliphatic heterocycles. The molecule has 52 valence electrons. The van der Waals surface area contributed by atoms with Gasteiger partial charge in [-0.25, -0.2) is 0 Å². The third-order valence-corrected chi connectivity index (χ3v) is 1.75. The summed E-state index contributed by atoms with van der Waals surface area (Å²) in [5.41, 5.74) is 0. The Morgan fingerprint density at radius 2 is 1.33 bits per heavy atom. The summed E-state index contributed by atoms with van der Waals surface area (Å²) in [5.74, 6) is 0. The Bertz CT molecular complexity index is 87.2. The van der Waals surface area contributed by atoms with Crippen molar-refractivity contribution in [3.8, 4) is 0 Å². The summed E-state index contributed by atoms with van der Waals surface area (Å²) in [5, 5.41) is 3.40. The molecule has 0 atom stereocenters. The standard InChI is InChI=1S/C6H11NO2/c1-5-2-9-4-6(7-5)3-8-1/h5-7H,1-4H2/t5-,6-. The molecule has 2 rings (SSSR count). The van der Waals surface area contributed by atoms with E-state index in [1.807, 2.05) is 0 Å². The van der Waals surface area contributed by atoms with Gasteiger partial charge in [0.1, 0.15) is 0 Å². The highest BCUT2D eigenvalue weighted by molar-refractivity contribution is 4.81. The zero-order chi connectivity index (χ0) is 6.10. The number of nitrogens with one attached hydrogen (secondary N) is 1. The minimum absolute atomic E-state index is 0.456. The average Bonchev–Trinajstić information content (AvgIpc) is 1.88. The van der Waals surface area contributed by atoms with Gasteiger partial charge in [0.05, 0.1) is 38.5 Å². The molecule has 9 heavy (non-hydrogen) atoms. The van der Waals surface area contributed by atoms with Crippen LogP contribution in [0.15, 0.2) is 0 Å². The lowest BCUT2D eigenvalue weighted by Gasteiger charge is -2.35. The van der Waals surface area contributed by atoms with E-state index >= 15 is 0 Å². The first-order chi connectivity index (χ1) is 4.45. The van der Waals surface area contributed by atoms with E-state index in [-0.39, 0.29) is 0 Å². The van der Waals surface area contributed by atoms with Crippen LogP contribution in [-0.2, 0) is 9.47 Å². The van der Waals surface area contributed by atoms with Gasteiger partial charge in [0, 0.05) is 0 Å². The number of hydrogen-bond acceptors (Lipinski definition) is 3. The number of morpholine rings is 2. The molecule has 1 N–H and O–H groups in total. The zero-order valence-electron chi connectivity index (χ0n) is 5.30. The van der Waals surface area contributed by atoms with Gasteiger partial charge in [0.25, 0.3) is 0 Å². The molecule has 0 saturated carbocycles. The second kappa shape index (κ2) is 2.25. The molecule has 2 fully saturated rings. The first kappa shape index (κ1) is 5.65. The minimum Gasteiger partial charge on any atom is -0.378 e. The van der Waals surface area contributed by atoms with Crippen molar-refractivity contribution in [1.82, 2.24) is 5.32 Å². The van der Waals surface area contributed by atoms with E-state index in [1.54, 1.807) is 0 Å². The summed E-state index contributed by atoms with van der Waals surface area (Å²) >= 11 is 0. The third kappa shape index (κ3) is 1.08. The van der Waals surface area contributed by atoms with E-state index in [0.29, 0.717) is 12.1 Å². The third-order valence-electron chi connectivity index (χ3n) is 1.75. The van der Waals surface area contributed by atoms with Crippen LogP contribution in [0.1, 0.15) is 0 Å².